The van der Waals surface area contributed by atoms with Crippen molar-refractivity contribution in [1.29, 1.82) is 5.26 Å². The number of aryl methyl sites for hydroxylation is 3. The van der Waals surface area contributed by atoms with Gasteiger partial charge in [-0.1, -0.05) is 19.6 Å². The third-order valence-electron chi connectivity index (χ3n) is 23.6. The molecule has 0 aliphatic carbocycles. The van der Waals surface area contributed by atoms with E-state index in [1.165, 1.54) is 184 Å². The van der Waals surface area contributed by atoms with Crippen LogP contribution in [-0.4, -0.2) is 121 Å². The summed E-state index contributed by atoms with van der Waals surface area (Å²) in [7, 11) is 0. The monoisotopic (exact) mass is 2020 g/mol. The maximum Gasteiger partial charge on any atom is 0.341 e. The quantitative estimate of drug-likeness (QED) is 0.0292. The summed E-state index contributed by atoms with van der Waals surface area (Å²) in [5, 5.41) is 73.6. The van der Waals surface area contributed by atoms with Gasteiger partial charge in [-0.3, -0.25) is 75.1 Å². The van der Waals surface area contributed by atoms with Crippen molar-refractivity contribution >= 4 is 59.6 Å². The first kappa shape index (κ1) is 114. The first-order chi connectivity index (χ1) is 68.8. The molecule has 14 rings (SSSR count). The van der Waals surface area contributed by atoms with Gasteiger partial charge in [0.05, 0.1) is 22.5 Å². The fourth-order valence-electron chi connectivity index (χ4n) is 16.7. The Morgan fingerprint density at radius 3 is 0.878 bits per heavy atom. The van der Waals surface area contributed by atoms with E-state index in [0.717, 1.165) is 72.4 Å². The largest absolute Gasteiger partial charge is 0.477 e. The Hall–Kier alpha value is -18.7. The van der Waals surface area contributed by atoms with Crippen LogP contribution < -0.4 is 44.6 Å². The van der Waals surface area contributed by atoms with Crippen molar-refractivity contribution in [2.75, 3.05) is 0 Å². The van der Waals surface area contributed by atoms with Gasteiger partial charge in [-0.2, -0.15) is 5.26 Å². The number of ketones is 1. The topological polar surface area (TPSA) is 499 Å². The van der Waals surface area contributed by atoms with E-state index >= 15 is 0 Å². The van der Waals surface area contributed by atoms with Crippen LogP contribution in [0, 0.1) is 162 Å². The lowest BCUT2D eigenvalue weighted by atomic mass is 9.99. The van der Waals surface area contributed by atoms with E-state index in [0.29, 0.717) is 91.1 Å². The van der Waals surface area contributed by atoms with Crippen LogP contribution >= 0.6 is 0 Å². The molecule has 7 aromatic carbocycles. The second-order valence-electron chi connectivity index (χ2n) is 32.7. The summed E-state index contributed by atoms with van der Waals surface area (Å²) < 4.78 is 113. The lowest BCUT2D eigenvalue weighted by Crippen LogP contribution is -2.32. The van der Waals surface area contributed by atoms with E-state index in [2.05, 4.69) is 6.58 Å². The SMILES string of the molecule is C=Cc1c(C)c(C(=O)O)c(=O)n(-c2ccc(F)cc2)c1C.CC(=O)c1c(C)c(C(=O)O)c(=O)n(-c2ccc(F)cc2)c1C.CCc1c(C)c(C(=O)O)c(=O)n(-c2ccc(F)cc2)c1C.Cc1c(C#N)c(C)n(-c2ccc(F)cc2)c(=O)c1C(=O)O.Cc1c(C(N)=O)c(C)n(-c2ccc(F)cc2)c(=O)c1C(=O)O.Cc1c(F)c(C)n(-c2ccc(F)cc2)c(=O)c1C(=O)O.Cc1cc(F)ccc1-n1c(C)cc(C)c(C(=O)O)c1=O. The lowest BCUT2D eigenvalue weighted by Gasteiger charge is -2.17. The number of primary amides is 1. The second-order valence-corrected chi connectivity index (χ2v) is 32.7. The summed E-state index contributed by atoms with van der Waals surface area (Å²) >= 11 is 0. The van der Waals surface area contributed by atoms with Gasteiger partial charge in [0.15, 0.2) is 5.78 Å². The molecular formula is C107H93F8N9O23. The Morgan fingerprint density at radius 1 is 0.313 bits per heavy atom. The highest BCUT2D eigenvalue weighted by Crippen LogP contribution is 2.29. The molecule has 7 aromatic heterocycles. The van der Waals surface area contributed by atoms with E-state index in [-0.39, 0.29) is 84.2 Å². The van der Waals surface area contributed by atoms with E-state index in [1.807, 2.05) is 13.0 Å². The van der Waals surface area contributed by atoms with Gasteiger partial charge in [0.1, 0.15) is 91.6 Å². The third kappa shape index (κ3) is 24.0. The van der Waals surface area contributed by atoms with E-state index < -0.39 is 155 Å². The van der Waals surface area contributed by atoms with Gasteiger partial charge in [0.25, 0.3) is 44.8 Å². The van der Waals surface area contributed by atoms with Gasteiger partial charge in [0, 0.05) is 79.4 Å². The summed E-state index contributed by atoms with van der Waals surface area (Å²) in [6.07, 6.45) is 2.12. The lowest BCUT2D eigenvalue weighted by molar-refractivity contribution is 0.0682. The van der Waals surface area contributed by atoms with Crippen molar-refractivity contribution in [2.24, 2.45) is 5.73 Å². The van der Waals surface area contributed by atoms with Crippen molar-refractivity contribution < 1.29 is 114 Å². The Bertz CT molecular complexity index is 8120. The Kier molecular flexibility index (Phi) is 36.5. The van der Waals surface area contributed by atoms with E-state index in [4.69, 9.17) is 15.9 Å². The van der Waals surface area contributed by atoms with Gasteiger partial charge in [-0.25, -0.2) is 68.7 Å². The molecule has 9 N–H and O–H groups in total. The standard InChI is InChI=1S/C16H14FNO4.C16H16FNO3.C16H14FNO3.C15H13FN2O4.C15H11FN2O3.C15H14FNO3.C14H11F2NO3/c1-8-13(10(3)19)9(2)18(15(20)14(8)16(21)22)12-6-4-11(17)5-7-12;2*1-4-13-9(2)14(16(20)21)15(19)18(10(13)3)12-7-5-11(17)6-8-12;1-7-11(13(17)19)8(2)18(14(20)12(7)15(21)22)10-5-3-9(16)4-6-10;1-8-12(7-17)9(2)18(14(19)13(8)15(20)21)11-5-3-10(16)4-6-11;1-8-7-11(16)4-5-12(8)17-10(3)6-9(2)13(14(17)18)15(19)20;1-7-11(14(19)20)13(18)17(8(2)12(7)16)10-5-3-9(15)4-6-10/h4-7H,1-3H3,(H,21,22);5-8H,4H2,1-3H3,(H,20,21);4-8H,1H2,2-3H3,(H,20,21);3-6H,1-2H3,(H2,17,19)(H,21,22);3-6H,1-2H3,(H,20,21);4-7H,1-3H3,(H,19,20);3-6H,1-2H3,(H,19,20). The third-order valence-corrected chi connectivity index (χ3v) is 23.6. The zero-order chi connectivity index (χ0) is 110. The van der Waals surface area contributed by atoms with Crippen LogP contribution in [0.25, 0.3) is 45.9 Å². The molecule has 1 amide bonds. The number of carboxylic acid groups (broad SMARTS) is 7. The number of benzene rings is 7. The number of hydrogen-bond donors (Lipinski definition) is 8. The molecule has 0 unspecified atom stereocenters. The van der Waals surface area contributed by atoms with Crippen molar-refractivity contribution in [3.05, 3.63) is 447 Å². The molecule has 0 saturated carbocycles. The molecule has 0 bridgehead atoms. The van der Waals surface area contributed by atoms with Crippen LogP contribution in [-0.2, 0) is 6.42 Å². The molecule has 0 spiro atoms. The molecule has 14 aromatic rings. The highest BCUT2D eigenvalue weighted by molar-refractivity contribution is 6.02. The molecular weight excluding hydrogens is 1930 g/mol. The van der Waals surface area contributed by atoms with E-state index in [1.54, 1.807) is 68.4 Å². The molecule has 760 valence electrons. The number of carbonyl (C=O) groups is 9. The predicted octanol–water partition coefficient (Wildman–Crippen LogP) is 16.9. The fourth-order valence-corrected chi connectivity index (χ4v) is 16.7. The number of nitriles is 1. The van der Waals surface area contributed by atoms with Gasteiger partial charge >= 0.3 is 41.8 Å². The molecule has 0 fully saturated rings. The molecule has 0 radical (unpaired) electrons. The molecule has 32 nitrogen and oxygen atoms in total. The average molecular weight is 2020 g/mol. The second kappa shape index (κ2) is 47.2. The average Bonchev–Trinajstić information content (AvgIpc) is 0.750. The number of halogens is 8. The number of nitrogens with two attached hydrogens (primary N) is 1. The first-order valence-electron chi connectivity index (χ1n) is 43.6. The summed E-state index contributed by atoms with van der Waals surface area (Å²) in [5.74, 6) is -14.7. The van der Waals surface area contributed by atoms with Gasteiger partial charge in [-0.05, 0) is 337 Å². The van der Waals surface area contributed by atoms with Crippen molar-refractivity contribution in [3.8, 4) is 45.9 Å². The smallest absolute Gasteiger partial charge is 0.341 e. The highest BCUT2D eigenvalue weighted by atomic mass is 19.2. The summed E-state index contributed by atoms with van der Waals surface area (Å²) in [6.45, 7) is 29.9. The minimum atomic E-state index is -1.50. The molecule has 0 aliphatic rings. The van der Waals surface area contributed by atoms with Crippen LogP contribution in [0.2, 0.25) is 0 Å². The molecule has 0 atom stereocenters. The first-order valence-corrected chi connectivity index (χ1v) is 43.6. The Balaban J connectivity index is 0.000000209. The number of hydrogen-bond acceptors (Lipinski definition) is 17. The van der Waals surface area contributed by atoms with Crippen molar-refractivity contribution in [3.63, 3.8) is 0 Å². The zero-order valence-corrected chi connectivity index (χ0v) is 81.5. The van der Waals surface area contributed by atoms with Crippen LogP contribution in [0.4, 0.5) is 35.1 Å². The van der Waals surface area contributed by atoms with Crippen LogP contribution in [0.3, 0.4) is 0 Å². The highest BCUT2D eigenvalue weighted by Gasteiger charge is 2.31. The number of Topliss-reactive ketones (excluding diaryl/α,β-unsaturated/α-hetero) is 1. The molecule has 0 aliphatic heterocycles. The zero-order valence-electron chi connectivity index (χ0n) is 81.5. The summed E-state index contributed by atoms with van der Waals surface area (Å²) in [4.78, 5) is 189. The summed E-state index contributed by atoms with van der Waals surface area (Å²) in [5.41, 5.74) is 6.05. The molecule has 40 heteroatoms. The Morgan fingerprint density at radius 2 is 0.578 bits per heavy atom. The van der Waals surface area contributed by atoms with Crippen LogP contribution in [0.5, 0.6) is 0 Å². The van der Waals surface area contributed by atoms with Gasteiger partial charge < -0.3 is 41.5 Å². The maximum absolute atomic E-state index is 14.1. The number of aromatic nitrogens is 7. The number of carboxylic acids is 7. The molecule has 0 saturated heterocycles. The number of pyridine rings is 7. The normalized spacial score (nSPS) is 10.5. The number of aromatic carboxylic acids is 7. The Labute approximate surface area is 829 Å². The number of amides is 1. The van der Waals surface area contributed by atoms with Crippen molar-refractivity contribution in [2.45, 2.75) is 124 Å². The van der Waals surface area contributed by atoms with Crippen LogP contribution in [0.1, 0.15) is 208 Å². The van der Waals surface area contributed by atoms with E-state index in [9.17, 15) is 143 Å². The number of rotatable bonds is 18. The number of nitrogens with zero attached hydrogens (tertiary/aromatic N) is 8. The minimum Gasteiger partial charge on any atom is -0.477 e. The minimum absolute atomic E-state index is 0.0147. The van der Waals surface area contributed by atoms with Gasteiger partial charge in [-0.15, -0.1) is 0 Å². The van der Waals surface area contributed by atoms with Crippen molar-refractivity contribution in [1.82, 2.24) is 32.0 Å². The summed E-state index contributed by atoms with van der Waals surface area (Å²) in [6, 6.07) is 38.0. The fraction of sp³-hybridized carbons (Fsp3) is 0.168. The number of carbonyl (C=O) groups excluding carboxylic acids is 2. The molecule has 147 heavy (non-hydrogen) atoms. The van der Waals surface area contributed by atoms with Gasteiger partial charge in [0.2, 0.25) is 0 Å². The van der Waals surface area contributed by atoms with Crippen LogP contribution in [0.15, 0.2) is 210 Å². The maximum atomic E-state index is 14.1. The predicted molar refractivity (Wildman–Crippen MR) is 526 cm³/mol. The molecule has 7 heterocycles.